The van der Waals surface area contributed by atoms with Crippen LogP contribution < -0.4 is 14.4 Å². The van der Waals surface area contributed by atoms with E-state index in [1.807, 2.05) is 6.92 Å². The maximum Gasteiger partial charge on any atom is 0.423 e. The summed E-state index contributed by atoms with van der Waals surface area (Å²) in [5, 5.41) is 0. The summed E-state index contributed by atoms with van der Waals surface area (Å²) in [5.74, 6) is 0.280. The second-order valence-corrected chi connectivity index (χ2v) is 5.70. The lowest BCUT2D eigenvalue weighted by molar-refractivity contribution is -0.139. The number of hydrogen-bond donors (Lipinski definition) is 0. The third-order valence-corrected chi connectivity index (χ3v) is 3.77. The number of alkyl halides is 3. The third kappa shape index (κ3) is 5.00. The molecule has 1 heterocycles. The van der Waals surface area contributed by atoms with Gasteiger partial charge in [0.05, 0.1) is 13.7 Å². The van der Waals surface area contributed by atoms with E-state index in [0.29, 0.717) is 17.9 Å². The molecule has 5 nitrogen and oxygen atoms in total. The fourth-order valence-corrected chi connectivity index (χ4v) is 2.28. The highest BCUT2D eigenvalue weighted by Crippen LogP contribution is 2.36. The maximum absolute atomic E-state index is 13.2. The first-order valence-corrected chi connectivity index (χ1v) is 8.31. The molecule has 0 aliphatic heterocycles. The molecule has 142 valence electrons. The van der Waals surface area contributed by atoms with Gasteiger partial charge in [0.1, 0.15) is 11.3 Å². The van der Waals surface area contributed by atoms with Gasteiger partial charge in [-0.1, -0.05) is 25.8 Å². The number of aromatic nitrogens is 2. The second-order valence-electron chi connectivity index (χ2n) is 5.70. The summed E-state index contributed by atoms with van der Waals surface area (Å²) < 4.78 is 50.0. The van der Waals surface area contributed by atoms with Crippen molar-refractivity contribution in [1.82, 2.24) is 9.97 Å². The molecular weight excluding hydrogens is 347 g/mol. The lowest BCUT2D eigenvalue weighted by Crippen LogP contribution is -2.17. The molecule has 0 spiro atoms. The lowest BCUT2D eigenvalue weighted by atomic mass is 10.2. The summed E-state index contributed by atoms with van der Waals surface area (Å²) in [7, 11) is 3.20. The topological polar surface area (TPSA) is 47.5 Å². The van der Waals surface area contributed by atoms with Gasteiger partial charge < -0.3 is 14.4 Å². The summed E-state index contributed by atoms with van der Waals surface area (Å²) in [6, 6.07) is 7.07. The van der Waals surface area contributed by atoms with Gasteiger partial charge in [0.15, 0.2) is 0 Å². The molecule has 1 aromatic carbocycles. The average molecular weight is 369 g/mol. The minimum absolute atomic E-state index is 0.108. The molecule has 0 saturated heterocycles. The fraction of sp³-hybridized carbons (Fsp3) is 0.444. The Bertz CT molecular complexity index is 723. The molecule has 8 heteroatoms. The van der Waals surface area contributed by atoms with Gasteiger partial charge in [-0.15, -0.1) is 0 Å². The zero-order valence-corrected chi connectivity index (χ0v) is 15.0. The highest BCUT2D eigenvalue weighted by Gasteiger charge is 2.36. The summed E-state index contributed by atoms with van der Waals surface area (Å²) in [4.78, 5) is 9.43. The molecule has 0 aliphatic carbocycles. The van der Waals surface area contributed by atoms with Crippen LogP contribution in [0.25, 0.3) is 0 Å². The molecule has 0 aliphatic rings. The molecule has 26 heavy (non-hydrogen) atoms. The van der Waals surface area contributed by atoms with Crippen LogP contribution in [0.4, 0.5) is 24.8 Å². The number of benzene rings is 1. The van der Waals surface area contributed by atoms with Crippen molar-refractivity contribution in [2.45, 2.75) is 32.4 Å². The van der Waals surface area contributed by atoms with Crippen LogP contribution in [-0.4, -0.2) is 30.7 Å². The van der Waals surface area contributed by atoms with Crippen molar-refractivity contribution < 1.29 is 22.6 Å². The fourth-order valence-electron chi connectivity index (χ4n) is 2.28. The molecule has 1 aromatic heterocycles. The van der Waals surface area contributed by atoms with E-state index >= 15 is 0 Å². The molecule has 0 bridgehead atoms. The molecular formula is C18H22F3N3O2. The van der Waals surface area contributed by atoms with Crippen molar-refractivity contribution in [2.75, 3.05) is 25.7 Å². The first-order chi connectivity index (χ1) is 12.4. The Kier molecular flexibility index (Phi) is 6.65. The molecule has 0 N–H and O–H groups in total. The van der Waals surface area contributed by atoms with Gasteiger partial charge >= 0.3 is 6.18 Å². The van der Waals surface area contributed by atoms with Crippen LogP contribution >= 0.6 is 0 Å². The Hall–Kier alpha value is -2.51. The highest BCUT2D eigenvalue weighted by molar-refractivity contribution is 5.59. The van der Waals surface area contributed by atoms with Crippen LogP contribution in [0.15, 0.2) is 30.5 Å². The predicted octanol–water partition coefficient (Wildman–Crippen LogP) is 4.84. The number of rotatable bonds is 8. The van der Waals surface area contributed by atoms with E-state index in [1.165, 1.54) is 7.11 Å². The van der Waals surface area contributed by atoms with E-state index in [1.54, 1.807) is 36.2 Å². The average Bonchev–Trinajstić information content (AvgIpc) is 2.63. The SMILES string of the molecule is CCCCCOc1nc(N(C)c2cccc(OC)c2)ncc1C(F)(F)F. The van der Waals surface area contributed by atoms with Crippen LogP contribution in [0, 0.1) is 0 Å². The van der Waals surface area contributed by atoms with Crippen molar-refractivity contribution in [2.24, 2.45) is 0 Å². The first-order valence-electron chi connectivity index (χ1n) is 8.31. The Morgan fingerprint density at radius 1 is 1.19 bits per heavy atom. The second kappa shape index (κ2) is 8.73. The van der Waals surface area contributed by atoms with Gasteiger partial charge in [-0.3, -0.25) is 0 Å². The van der Waals surface area contributed by atoms with Crippen molar-refractivity contribution in [3.05, 3.63) is 36.0 Å². The third-order valence-electron chi connectivity index (χ3n) is 3.77. The molecule has 0 saturated carbocycles. The number of halogens is 3. The Morgan fingerprint density at radius 2 is 1.96 bits per heavy atom. The standard InChI is InChI=1S/C18H22F3N3O2/c1-4-5-6-10-26-16-15(18(19,20)21)12-22-17(23-16)24(2)13-8-7-9-14(11-13)25-3/h7-9,11-12H,4-6,10H2,1-3H3. The van der Waals surface area contributed by atoms with Crippen molar-refractivity contribution in [3.63, 3.8) is 0 Å². The number of methoxy groups -OCH3 is 1. The number of nitrogens with zero attached hydrogens (tertiary/aromatic N) is 3. The van der Waals surface area contributed by atoms with E-state index in [-0.39, 0.29) is 12.6 Å². The molecule has 0 amide bonds. The van der Waals surface area contributed by atoms with Crippen molar-refractivity contribution >= 4 is 11.6 Å². The predicted molar refractivity (Wildman–Crippen MR) is 93.1 cm³/mol. The number of ether oxygens (including phenoxy) is 2. The molecule has 2 aromatic rings. The quantitative estimate of drug-likeness (QED) is 0.623. The van der Waals surface area contributed by atoms with Crippen LogP contribution in [0.3, 0.4) is 0 Å². The van der Waals surface area contributed by atoms with Crippen LogP contribution in [0.5, 0.6) is 11.6 Å². The molecule has 0 radical (unpaired) electrons. The van der Waals surface area contributed by atoms with Crippen LogP contribution in [-0.2, 0) is 6.18 Å². The minimum atomic E-state index is -4.58. The molecule has 0 atom stereocenters. The van der Waals surface area contributed by atoms with Gasteiger partial charge in [0.25, 0.3) is 0 Å². The lowest BCUT2D eigenvalue weighted by Gasteiger charge is -2.20. The number of anilines is 2. The molecule has 0 unspecified atom stereocenters. The van der Waals surface area contributed by atoms with Gasteiger partial charge in [-0.2, -0.15) is 18.2 Å². The van der Waals surface area contributed by atoms with Crippen LogP contribution in [0.1, 0.15) is 31.7 Å². The van der Waals surface area contributed by atoms with E-state index in [2.05, 4.69) is 9.97 Å². The summed E-state index contributed by atoms with van der Waals surface area (Å²) in [6.45, 7) is 2.18. The normalized spacial score (nSPS) is 11.3. The van der Waals surface area contributed by atoms with E-state index in [4.69, 9.17) is 9.47 Å². The Balaban J connectivity index is 2.30. The van der Waals surface area contributed by atoms with Gasteiger partial charge in [0.2, 0.25) is 11.8 Å². The highest BCUT2D eigenvalue weighted by atomic mass is 19.4. The zero-order chi connectivity index (χ0) is 19.2. The Morgan fingerprint density at radius 3 is 2.62 bits per heavy atom. The van der Waals surface area contributed by atoms with Crippen molar-refractivity contribution in [1.29, 1.82) is 0 Å². The number of unbranched alkanes of at least 4 members (excludes halogenated alkanes) is 2. The number of hydrogen-bond acceptors (Lipinski definition) is 5. The largest absolute Gasteiger partial charge is 0.497 e. The summed E-state index contributed by atoms with van der Waals surface area (Å²) >= 11 is 0. The minimum Gasteiger partial charge on any atom is -0.497 e. The summed E-state index contributed by atoms with van der Waals surface area (Å²) in [6.07, 6.45) is -1.33. The van der Waals surface area contributed by atoms with E-state index < -0.39 is 17.6 Å². The van der Waals surface area contributed by atoms with Gasteiger partial charge in [-0.05, 0) is 18.6 Å². The summed E-state index contributed by atoms with van der Waals surface area (Å²) in [5.41, 5.74) is -0.294. The maximum atomic E-state index is 13.2. The van der Waals surface area contributed by atoms with Crippen LogP contribution in [0.2, 0.25) is 0 Å². The van der Waals surface area contributed by atoms with E-state index in [0.717, 1.165) is 19.0 Å². The van der Waals surface area contributed by atoms with Gasteiger partial charge in [0, 0.05) is 25.0 Å². The smallest absolute Gasteiger partial charge is 0.423 e. The Labute approximate surface area is 150 Å². The van der Waals surface area contributed by atoms with E-state index in [9.17, 15) is 13.2 Å². The van der Waals surface area contributed by atoms with Gasteiger partial charge in [-0.25, -0.2) is 4.98 Å². The monoisotopic (exact) mass is 369 g/mol. The zero-order valence-electron chi connectivity index (χ0n) is 15.0. The van der Waals surface area contributed by atoms with Crippen molar-refractivity contribution in [3.8, 4) is 11.6 Å². The first kappa shape index (κ1) is 19.8. The molecule has 2 rings (SSSR count). The molecule has 0 fully saturated rings.